The van der Waals surface area contributed by atoms with Crippen molar-refractivity contribution in [3.8, 4) is 11.5 Å². The minimum atomic E-state index is -0.0639. The van der Waals surface area contributed by atoms with Crippen molar-refractivity contribution < 1.29 is 14.3 Å². The van der Waals surface area contributed by atoms with Gasteiger partial charge >= 0.3 is 11.5 Å². The molecule has 2 rings (SSSR count). The van der Waals surface area contributed by atoms with Crippen LogP contribution in [0.25, 0.3) is 12.2 Å². The quantitative estimate of drug-likeness (QED) is 0.692. The van der Waals surface area contributed by atoms with Crippen molar-refractivity contribution in [3.63, 3.8) is 0 Å². The maximum Gasteiger partial charge on any atom is 0.353 e. The van der Waals surface area contributed by atoms with Crippen molar-refractivity contribution in [2.45, 2.75) is 52.4 Å². The maximum absolute atomic E-state index is 9.70. The first-order chi connectivity index (χ1) is 11.5. The largest absolute Gasteiger partial charge is 0.504 e. The summed E-state index contributed by atoms with van der Waals surface area (Å²) in [6, 6.07) is 9.50. The summed E-state index contributed by atoms with van der Waals surface area (Å²) < 4.78 is 11.3. The molecule has 0 spiro atoms. The van der Waals surface area contributed by atoms with Gasteiger partial charge in [0, 0.05) is 18.2 Å². The predicted molar refractivity (Wildman–Crippen MR) is 104 cm³/mol. The van der Waals surface area contributed by atoms with Crippen molar-refractivity contribution in [1.29, 1.82) is 0 Å². The predicted octanol–water partition coefficient (Wildman–Crippen LogP) is 6.04. The van der Waals surface area contributed by atoms with Gasteiger partial charge in [-0.15, -0.1) is 0 Å². The first kappa shape index (κ1) is 19.0. The second-order valence-corrected chi connectivity index (χ2v) is 8.38. The van der Waals surface area contributed by atoms with Gasteiger partial charge in [-0.25, -0.2) is 4.42 Å². The summed E-state index contributed by atoms with van der Waals surface area (Å²) in [6.45, 7) is 13.1. The molecule has 2 aromatic rings. The van der Waals surface area contributed by atoms with Crippen LogP contribution in [0.5, 0.6) is 11.5 Å². The van der Waals surface area contributed by atoms with E-state index in [0.717, 1.165) is 17.1 Å². The third-order valence-electron chi connectivity index (χ3n) is 4.06. The van der Waals surface area contributed by atoms with Crippen LogP contribution >= 0.6 is 0 Å². The van der Waals surface area contributed by atoms with Crippen molar-refractivity contribution in [2.24, 2.45) is 0 Å². The Hall–Kier alpha value is -2.29. The lowest BCUT2D eigenvalue weighted by atomic mass is 9.84. The number of hydrogen-bond acceptors (Lipinski definition) is 2. The Morgan fingerprint density at radius 3 is 2.16 bits per heavy atom. The van der Waals surface area contributed by atoms with E-state index >= 15 is 0 Å². The van der Waals surface area contributed by atoms with Crippen LogP contribution in [0, 0.1) is 0 Å². The molecule has 3 heteroatoms. The molecular formula is C22H29O3+. The fourth-order valence-electron chi connectivity index (χ4n) is 2.38. The molecule has 0 radical (unpaired) electrons. The lowest BCUT2D eigenvalue weighted by Gasteiger charge is -2.19. The van der Waals surface area contributed by atoms with E-state index in [1.807, 2.05) is 18.2 Å². The highest BCUT2D eigenvalue weighted by atomic mass is 16.5. The van der Waals surface area contributed by atoms with Crippen LogP contribution < -0.4 is 4.74 Å². The maximum atomic E-state index is 9.70. The monoisotopic (exact) mass is 341 g/mol. The second kappa shape index (κ2) is 6.91. The molecule has 0 bridgehead atoms. The number of rotatable bonds is 3. The van der Waals surface area contributed by atoms with Crippen LogP contribution in [0.4, 0.5) is 0 Å². The van der Waals surface area contributed by atoms with Gasteiger partial charge < -0.3 is 9.84 Å². The van der Waals surface area contributed by atoms with Crippen LogP contribution in [0.15, 0.2) is 34.7 Å². The minimum absolute atomic E-state index is 0.0428. The highest BCUT2D eigenvalue weighted by Crippen LogP contribution is 2.31. The van der Waals surface area contributed by atoms with Gasteiger partial charge in [0.2, 0.25) is 0 Å². The molecule has 0 saturated carbocycles. The Morgan fingerprint density at radius 1 is 0.920 bits per heavy atom. The number of phenols is 1. The summed E-state index contributed by atoms with van der Waals surface area (Å²) in [5.41, 5.74) is 2.15. The summed E-state index contributed by atoms with van der Waals surface area (Å²) >= 11 is 0. The molecule has 0 amide bonds. The van der Waals surface area contributed by atoms with Crippen LogP contribution in [-0.4, -0.2) is 12.2 Å². The van der Waals surface area contributed by atoms with E-state index in [-0.39, 0.29) is 16.6 Å². The normalized spacial score (nSPS) is 12.6. The number of benzene rings is 1. The van der Waals surface area contributed by atoms with Crippen molar-refractivity contribution in [1.82, 2.24) is 0 Å². The van der Waals surface area contributed by atoms with Gasteiger partial charge in [-0.3, -0.25) is 0 Å². The van der Waals surface area contributed by atoms with Crippen LogP contribution in [0.2, 0.25) is 0 Å². The first-order valence-electron chi connectivity index (χ1n) is 8.55. The SMILES string of the molecule is COc1cc(/C=C/c2cc(C(C)(C)C)cc(C(C)(C)C)[o+]2)ccc1O. The molecule has 25 heavy (non-hydrogen) atoms. The van der Waals surface area contributed by atoms with Crippen LogP contribution in [0.3, 0.4) is 0 Å². The molecule has 3 nitrogen and oxygen atoms in total. The molecule has 0 unspecified atom stereocenters. The number of methoxy groups -OCH3 is 1. The van der Waals surface area contributed by atoms with E-state index in [1.165, 1.54) is 5.56 Å². The molecule has 1 heterocycles. The lowest BCUT2D eigenvalue weighted by Crippen LogP contribution is -2.16. The van der Waals surface area contributed by atoms with Crippen molar-refractivity contribution in [3.05, 3.63) is 53.0 Å². The average Bonchev–Trinajstić information content (AvgIpc) is 2.52. The van der Waals surface area contributed by atoms with Gasteiger partial charge in [-0.1, -0.05) is 26.8 Å². The van der Waals surface area contributed by atoms with Gasteiger partial charge in [-0.2, -0.15) is 0 Å². The second-order valence-electron chi connectivity index (χ2n) is 8.38. The standard InChI is InChI=1S/C22H28O3/c1-21(2,3)16-13-17(25-20(14-16)22(4,5)6)10-8-15-9-11-18(23)19(12-15)24-7/h8-14H,1-7H3/p+1/b10-8+. The van der Waals surface area contributed by atoms with Crippen molar-refractivity contribution in [2.75, 3.05) is 7.11 Å². The Balaban J connectivity index is 2.44. The Bertz CT molecular complexity index is 743. The molecule has 1 N–H and O–H groups in total. The number of aromatic hydroxyl groups is 1. The molecule has 134 valence electrons. The third kappa shape index (κ3) is 4.85. The molecule has 0 aliphatic heterocycles. The molecule has 0 aliphatic carbocycles. The molecule has 1 aromatic heterocycles. The smallest absolute Gasteiger partial charge is 0.353 e. The molecule has 0 fully saturated rings. The van der Waals surface area contributed by atoms with Crippen molar-refractivity contribution >= 4 is 12.2 Å². The zero-order valence-corrected chi connectivity index (χ0v) is 16.3. The number of ether oxygens (including phenoxy) is 1. The Morgan fingerprint density at radius 2 is 1.60 bits per heavy atom. The topological polar surface area (TPSA) is 40.8 Å². The summed E-state index contributed by atoms with van der Waals surface area (Å²) in [6.07, 6.45) is 3.91. The molecule has 0 atom stereocenters. The van der Waals surface area contributed by atoms with Gasteiger partial charge in [-0.05, 0) is 55.5 Å². The highest BCUT2D eigenvalue weighted by molar-refractivity contribution is 5.69. The van der Waals surface area contributed by atoms with Crippen LogP contribution in [0.1, 0.15) is 64.2 Å². The van der Waals surface area contributed by atoms with E-state index in [0.29, 0.717) is 5.75 Å². The van der Waals surface area contributed by atoms with Gasteiger partial charge in [0.05, 0.1) is 12.5 Å². The lowest BCUT2D eigenvalue weighted by molar-refractivity contribution is 0.373. The molecule has 0 saturated heterocycles. The van der Waals surface area contributed by atoms with Gasteiger partial charge in [0.25, 0.3) is 0 Å². The van der Waals surface area contributed by atoms with E-state index in [4.69, 9.17) is 9.15 Å². The van der Waals surface area contributed by atoms with E-state index in [1.54, 1.807) is 19.2 Å². The highest BCUT2D eigenvalue weighted by Gasteiger charge is 2.30. The zero-order valence-electron chi connectivity index (χ0n) is 16.3. The Kier molecular flexibility index (Phi) is 5.26. The van der Waals surface area contributed by atoms with E-state index in [2.05, 4.69) is 53.7 Å². The fourth-order valence-corrected chi connectivity index (χ4v) is 2.38. The van der Waals surface area contributed by atoms with E-state index in [9.17, 15) is 5.11 Å². The number of hydrogen-bond donors (Lipinski definition) is 1. The summed E-state index contributed by atoms with van der Waals surface area (Å²) in [5, 5.41) is 9.70. The number of phenolic OH excluding ortho intramolecular Hbond substituents is 1. The molecule has 1 aromatic carbocycles. The fraction of sp³-hybridized carbons (Fsp3) is 0.409. The van der Waals surface area contributed by atoms with Crippen LogP contribution in [-0.2, 0) is 10.8 Å². The van der Waals surface area contributed by atoms with Gasteiger partial charge in [0.1, 0.15) is 0 Å². The molecular weight excluding hydrogens is 312 g/mol. The average molecular weight is 341 g/mol. The summed E-state index contributed by atoms with van der Waals surface area (Å²) in [4.78, 5) is 0. The Labute approximate surface area is 151 Å². The third-order valence-corrected chi connectivity index (χ3v) is 4.06. The summed E-state index contributed by atoms with van der Waals surface area (Å²) in [7, 11) is 1.54. The first-order valence-corrected chi connectivity index (χ1v) is 8.55. The van der Waals surface area contributed by atoms with Gasteiger partial charge in [0.15, 0.2) is 11.5 Å². The zero-order chi connectivity index (χ0) is 18.8. The summed E-state index contributed by atoms with van der Waals surface area (Å²) in [5.74, 6) is 2.36. The molecule has 0 aliphatic rings. The van der Waals surface area contributed by atoms with E-state index < -0.39 is 0 Å². The minimum Gasteiger partial charge on any atom is -0.504 e.